The second kappa shape index (κ2) is 12.7. The zero-order chi connectivity index (χ0) is 19.8. The van der Waals surface area contributed by atoms with Crippen LogP contribution in [0.15, 0.2) is 41.4 Å². The van der Waals surface area contributed by atoms with Gasteiger partial charge in [0.15, 0.2) is 5.96 Å². The van der Waals surface area contributed by atoms with Crippen molar-refractivity contribution in [3.05, 3.63) is 57.0 Å². The lowest BCUT2D eigenvalue weighted by atomic mass is 10.0. The Kier molecular flexibility index (Phi) is 10.6. The number of rotatable bonds is 7. The number of ether oxygens (including phenoxy) is 1. The third-order valence-electron chi connectivity index (χ3n) is 4.72. The minimum absolute atomic E-state index is 0. The molecule has 9 heteroatoms. The fourth-order valence-electron chi connectivity index (χ4n) is 3.24. The van der Waals surface area contributed by atoms with Crippen molar-refractivity contribution in [1.82, 2.24) is 15.5 Å². The molecule has 0 bridgehead atoms. The van der Waals surface area contributed by atoms with Gasteiger partial charge in [0.2, 0.25) is 0 Å². The predicted octanol–water partition coefficient (Wildman–Crippen LogP) is 3.94. The van der Waals surface area contributed by atoms with Crippen LogP contribution in [0, 0.1) is 5.82 Å². The van der Waals surface area contributed by atoms with E-state index in [1.807, 2.05) is 24.3 Å². The molecule has 2 heterocycles. The number of benzene rings is 1. The number of hydrogen-bond donors (Lipinski definition) is 2. The lowest BCUT2D eigenvalue weighted by molar-refractivity contribution is 0.0170. The van der Waals surface area contributed by atoms with E-state index in [-0.39, 0.29) is 35.8 Å². The van der Waals surface area contributed by atoms with Crippen LogP contribution in [0.2, 0.25) is 4.34 Å². The Morgan fingerprint density at radius 2 is 1.93 bits per heavy atom. The number of halogens is 3. The van der Waals surface area contributed by atoms with Crippen molar-refractivity contribution in [3.63, 3.8) is 0 Å². The number of hydrogen-bond acceptors (Lipinski definition) is 4. The van der Waals surface area contributed by atoms with Gasteiger partial charge >= 0.3 is 0 Å². The highest BCUT2D eigenvalue weighted by atomic mass is 127. The second-order valence-electron chi connectivity index (χ2n) is 6.55. The average molecular weight is 553 g/mol. The number of thiophene rings is 1. The van der Waals surface area contributed by atoms with Gasteiger partial charge in [-0.05, 0) is 36.2 Å². The van der Waals surface area contributed by atoms with Gasteiger partial charge in [-0.15, -0.1) is 35.3 Å². The van der Waals surface area contributed by atoms with E-state index >= 15 is 0 Å². The molecule has 1 atom stereocenters. The van der Waals surface area contributed by atoms with Gasteiger partial charge in [0.05, 0.1) is 23.6 Å². The molecular formula is C20H27ClFIN4OS. The summed E-state index contributed by atoms with van der Waals surface area (Å²) in [5.74, 6) is 0.534. The molecule has 1 aromatic heterocycles. The van der Waals surface area contributed by atoms with Crippen molar-refractivity contribution in [2.24, 2.45) is 4.99 Å². The molecule has 160 valence electrons. The van der Waals surface area contributed by atoms with Crippen molar-refractivity contribution in [2.75, 3.05) is 46.4 Å². The van der Waals surface area contributed by atoms with Gasteiger partial charge in [-0.1, -0.05) is 23.7 Å². The van der Waals surface area contributed by atoms with E-state index in [0.29, 0.717) is 19.8 Å². The van der Waals surface area contributed by atoms with Crippen LogP contribution in [0.4, 0.5) is 4.39 Å². The van der Waals surface area contributed by atoms with Gasteiger partial charge < -0.3 is 15.4 Å². The van der Waals surface area contributed by atoms with Crippen LogP contribution in [0.5, 0.6) is 0 Å². The van der Waals surface area contributed by atoms with Crippen molar-refractivity contribution < 1.29 is 9.13 Å². The molecule has 1 fully saturated rings. The molecule has 1 aromatic carbocycles. The van der Waals surface area contributed by atoms with E-state index in [2.05, 4.69) is 20.5 Å². The van der Waals surface area contributed by atoms with Gasteiger partial charge in [0.25, 0.3) is 0 Å². The molecule has 2 aromatic rings. The third kappa shape index (κ3) is 7.67. The highest BCUT2D eigenvalue weighted by Gasteiger charge is 2.23. The van der Waals surface area contributed by atoms with Gasteiger partial charge in [-0.2, -0.15) is 0 Å². The van der Waals surface area contributed by atoms with E-state index in [9.17, 15) is 4.39 Å². The highest BCUT2D eigenvalue weighted by molar-refractivity contribution is 14.0. The molecule has 1 aliphatic heterocycles. The molecular weight excluding hydrogens is 526 g/mol. The first-order chi connectivity index (χ1) is 13.7. The molecule has 1 aliphatic rings. The van der Waals surface area contributed by atoms with E-state index in [4.69, 9.17) is 16.3 Å². The Balaban J connectivity index is 0.00000300. The minimum Gasteiger partial charge on any atom is -0.379 e. The van der Waals surface area contributed by atoms with Crippen LogP contribution >= 0.6 is 46.9 Å². The van der Waals surface area contributed by atoms with Crippen LogP contribution in [0.3, 0.4) is 0 Å². The van der Waals surface area contributed by atoms with Gasteiger partial charge in [-0.25, -0.2) is 4.39 Å². The van der Waals surface area contributed by atoms with E-state index in [1.54, 1.807) is 18.4 Å². The summed E-state index contributed by atoms with van der Waals surface area (Å²) in [6.07, 6.45) is 0.892. The summed E-state index contributed by atoms with van der Waals surface area (Å²) in [4.78, 5) is 7.92. The molecule has 0 spiro atoms. The largest absolute Gasteiger partial charge is 0.379 e. The lowest BCUT2D eigenvalue weighted by Gasteiger charge is -2.35. The number of morpholine rings is 1. The first-order valence-corrected chi connectivity index (χ1v) is 10.6. The third-order valence-corrected chi connectivity index (χ3v) is 6.01. The summed E-state index contributed by atoms with van der Waals surface area (Å²) in [5.41, 5.74) is 1.08. The van der Waals surface area contributed by atoms with Gasteiger partial charge in [0.1, 0.15) is 5.82 Å². The van der Waals surface area contributed by atoms with Crippen molar-refractivity contribution in [1.29, 1.82) is 0 Å². The standard InChI is InChI=1S/C20H26ClFN4OS.HI/c1-23-20(24-9-8-17-6-7-19(21)28-17)25-14-18(26-10-12-27-13-11-26)15-2-4-16(22)5-3-15;/h2-7,18H,8-14H2,1H3,(H2,23,24,25);1H. The summed E-state index contributed by atoms with van der Waals surface area (Å²) in [7, 11) is 1.76. The number of nitrogens with one attached hydrogen (secondary N) is 2. The first-order valence-electron chi connectivity index (χ1n) is 9.41. The summed E-state index contributed by atoms with van der Waals surface area (Å²) in [5, 5.41) is 6.76. The normalized spacial score (nSPS) is 16.2. The maximum absolute atomic E-state index is 13.4. The van der Waals surface area contributed by atoms with Gasteiger partial charge in [-0.3, -0.25) is 9.89 Å². The SMILES string of the molecule is CN=C(NCCc1ccc(Cl)s1)NCC(c1ccc(F)cc1)N1CCOCC1.I. The zero-order valence-corrected chi connectivity index (χ0v) is 20.3. The summed E-state index contributed by atoms with van der Waals surface area (Å²) in [6, 6.07) is 10.8. The Labute approximate surface area is 197 Å². The number of nitrogens with zero attached hydrogens (tertiary/aromatic N) is 2. The Hall–Kier alpha value is -0.940. The molecule has 3 rings (SSSR count). The lowest BCUT2D eigenvalue weighted by Crippen LogP contribution is -2.46. The molecule has 2 N–H and O–H groups in total. The van der Waals surface area contributed by atoms with Crippen LogP contribution < -0.4 is 10.6 Å². The Bertz CT molecular complexity index is 768. The molecule has 29 heavy (non-hydrogen) atoms. The maximum Gasteiger partial charge on any atom is 0.191 e. The van der Waals surface area contributed by atoms with Crippen LogP contribution in [-0.2, 0) is 11.2 Å². The average Bonchev–Trinajstić information content (AvgIpc) is 3.14. The number of guanidine groups is 1. The van der Waals surface area contributed by atoms with Crippen molar-refractivity contribution in [3.8, 4) is 0 Å². The molecule has 1 unspecified atom stereocenters. The van der Waals surface area contributed by atoms with E-state index in [0.717, 1.165) is 41.9 Å². The monoisotopic (exact) mass is 552 g/mol. The summed E-state index contributed by atoms with van der Waals surface area (Å²) < 4.78 is 19.6. The van der Waals surface area contributed by atoms with Crippen LogP contribution in [0.1, 0.15) is 16.5 Å². The quantitative estimate of drug-likeness (QED) is 0.310. The first kappa shape index (κ1) is 24.3. The fourth-order valence-corrected chi connectivity index (χ4v) is 4.32. The molecule has 1 saturated heterocycles. The predicted molar refractivity (Wildman–Crippen MR) is 129 cm³/mol. The molecule has 0 radical (unpaired) electrons. The van der Waals surface area contributed by atoms with E-state index in [1.165, 1.54) is 17.0 Å². The highest BCUT2D eigenvalue weighted by Crippen LogP contribution is 2.22. The summed E-state index contributed by atoms with van der Waals surface area (Å²) in [6.45, 7) is 4.59. The second-order valence-corrected chi connectivity index (χ2v) is 8.35. The molecule has 0 saturated carbocycles. The van der Waals surface area contributed by atoms with E-state index < -0.39 is 0 Å². The fraction of sp³-hybridized carbons (Fsp3) is 0.450. The topological polar surface area (TPSA) is 48.9 Å². The minimum atomic E-state index is -0.219. The van der Waals surface area contributed by atoms with Crippen molar-refractivity contribution in [2.45, 2.75) is 12.5 Å². The van der Waals surface area contributed by atoms with Gasteiger partial charge in [0, 0.05) is 38.1 Å². The summed E-state index contributed by atoms with van der Waals surface area (Å²) >= 11 is 7.58. The molecule has 0 aliphatic carbocycles. The number of aliphatic imine (C=N–C) groups is 1. The maximum atomic E-state index is 13.4. The Morgan fingerprint density at radius 1 is 1.21 bits per heavy atom. The van der Waals surface area contributed by atoms with Crippen LogP contribution in [0.25, 0.3) is 0 Å². The van der Waals surface area contributed by atoms with Crippen molar-refractivity contribution >= 4 is 52.9 Å². The zero-order valence-electron chi connectivity index (χ0n) is 16.4. The molecule has 0 amide bonds. The van der Waals surface area contributed by atoms with Crippen LogP contribution in [-0.4, -0.2) is 57.3 Å². The molecule has 5 nitrogen and oxygen atoms in total. The smallest absolute Gasteiger partial charge is 0.191 e. The Morgan fingerprint density at radius 3 is 2.55 bits per heavy atom.